The minimum atomic E-state index is 0. The highest BCUT2D eigenvalue weighted by Gasteiger charge is 2.01. The van der Waals surface area contributed by atoms with Gasteiger partial charge in [0, 0.05) is 22.5 Å². The molecule has 14 heavy (non-hydrogen) atoms. The summed E-state index contributed by atoms with van der Waals surface area (Å²) in [4.78, 5) is 7.53. The first-order valence-electron chi connectivity index (χ1n) is 4.26. The number of pyridine rings is 1. The van der Waals surface area contributed by atoms with Gasteiger partial charge in [-0.25, -0.2) is 4.98 Å². The summed E-state index contributed by atoms with van der Waals surface area (Å²) in [6.07, 6.45) is 1.80. The zero-order valence-corrected chi connectivity index (χ0v) is 8.21. The standard InChI is InChI=1S/C11H8N2.ClH/c1-2-6-10-8(4-1)9-5-3-7-12-11(9)13-10;/h1-7H,(H,12,13);1H. The Hall–Kier alpha value is -1.54. The summed E-state index contributed by atoms with van der Waals surface area (Å²) < 4.78 is 0. The molecular formula is C11H9ClN2. The number of nitrogens with one attached hydrogen (secondary N) is 1. The van der Waals surface area contributed by atoms with Crippen molar-refractivity contribution >= 4 is 34.3 Å². The molecular weight excluding hydrogens is 196 g/mol. The molecule has 3 aromatic rings. The van der Waals surface area contributed by atoms with Crippen molar-refractivity contribution in [1.82, 2.24) is 9.97 Å². The number of nitrogens with zero attached hydrogens (tertiary/aromatic N) is 1. The van der Waals surface area contributed by atoms with Gasteiger partial charge in [0.15, 0.2) is 0 Å². The summed E-state index contributed by atoms with van der Waals surface area (Å²) in [5.41, 5.74) is 2.11. The van der Waals surface area contributed by atoms with Gasteiger partial charge in [-0.05, 0) is 18.2 Å². The van der Waals surface area contributed by atoms with E-state index in [1.807, 2.05) is 18.2 Å². The first-order chi connectivity index (χ1) is 6.45. The highest BCUT2D eigenvalue weighted by Crippen LogP contribution is 2.22. The van der Waals surface area contributed by atoms with Gasteiger partial charge in [-0.1, -0.05) is 18.2 Å². The van der Waals surface area contributed by atoms with Gasteiger partial charge in [-0.2, -0.15) is 0 Å². The first kappa shape index (κ1) is 9.03. The molecule has 1 N–H and O–H groups in total. The van der Waals surface area contributed by atoms with Crippen molar-refractivity contribution in [2.24, 2.45) is 0 Å². The van der Waals surface area contributed by atoms with E-state index in [9.17, 15) is 0 Å². The molecule has 2 aromatic heterocycles. The SMILES string of the molecule is Cl.c1ccc2c(c1)[nH]c1ncccc12. The third-order valence-electron chi connectivity index (χ3n) is 2.28. The van der Waals surface area contributed by atoms with Crippen LogP contribution in [0.15, 0.2) is 42.6 Å². The Morgan fingerprint density at radius 3 is 2.64 bits per heavy atom. The van der Waals surface area contributed by atoms with Gasteiger partial charge in [-0.15, -0.1) is 12.4 Å². The molecule has 0 amide bonds. The summed E-state index contributed by atoms with van der Waals surface area (Å²) in [5.74, 6) is 0. The van der Waals surface area contributed by atoms with Crippen molar-refractivity contribution in [1.29, 1.82) is 0 Å². The van der Waals surface area contributed by atoms with Crippen molar-refractivity contribution in [2.45, 2.75) is 0 Å². The maximum atomic E-state index is 4.26. The van der Waals surface area contributed by atoms with Crippen LogP contribution in [0.4, 0.5) is 0 Å². The van der Waals surface area contributed by atoms with Crippen molar-refractivity contribution in [2.75, 3.05) is 0 Å². The van der Waals surface area contributed by atoms with Gasteiger partial charge < -0.3 is 4.98 Å². The van der Waals surface area contributed by atoms with E-state index < -0.39 is 0 Å². The quantitative estimate of drug-likeness (QED) is 0.599. The topological polar surface area (TPSA) is 28.7 Å². The minimum absolute atomic E-state index is 0. The van der Waals surface area contributed by atoms with Crippen LogP contribution in [0.3, 0.4) is 0 Å². The minimum Gasteiger partial charge on any atom is -0.339 e. The van der Waals surface area contributed by atoms with Gasteiger partial charge in [-0.3, -0.25) is 0 Å². The first-order valence-corrected chi connectivity index (χ1v) is 4.26. The van der Waals surface area contributed by atoms with Gasteiger partial charge in [0.2, 0.25) is 0 Å². The zero-order chi connectivity index (χ0) is 8.67. The van der Waals surface area contributed by atoms with Crippen LogP contribution in [-0.2, 0) is 0 Å². The molecule has 0 saturated heterocycles. The normalized spacial score (nSPS) is 10.3. The summed E-state index contributed by atoms with van der Waals surface area (Å²) in [7, 11) is 0. The number of hydrogen-bond donors (Lipinski definition) is 1. The lowest BCUT2D eigenvalue weighted by atomic mass is 10.2. The number of hydrogen-bond acceptors (Lipinski definition) is 1. The van der Waals surface area contributed by atoms with Crippen LogP contribution in [0.5, 0.6) is 0 Å². The molecule has 70 valence electrons. The summed E-state index contributed by atoms with van der Waals surface area (Å²) in [6.45, 7) is 0. The zero-order valence-electron chi connectivity index (χ0n) is 7.40. The number of fused-ring (bicyclic) bond motifs is 3. The van der Waals surface area contributed by atoms with Gasteiger partial charge in [0.25, 0.3) is 0 Å². The molecule has 2 nitrogen and oxygen atoms in total. The number of aromatic nitrogens is 2. The van der Waals surface area contributed by atoms with E-state index in [-0.39, 0.29) is 12.4 Å². The Labute approximate surface area is 87.4 Å². The Bertz CT molecular complexity index is 521. The Balaban J connectivity index is 0.000000750. The summed E-state index contributed by atoms with van der Waals surface area (Å²) in [6, 6.07) is 12.3. The van der Waals surface area contributed by atoms with Crippen LogP contribution in [0, 0.1) is 0 Å². The van der Waals surface area contributed by atoms with Crippen molar-refractivity contribution < 1.29 is 0 Å². The smallest absolute Gasteiger partial charge is 0.138 e. The number of para-hydroxylation sites is 1. The molecule has 0 atom stereocenters. The third-order valence-corrected chi connectivity index (χ3v) is 2.28. The van der Waals surface area contributed by atoms with E-state index in [1.54, 1.807) is 6.20 Å². The van der Waals surface area contributed by atoms with Crippen LogP contribution >= 0.6 is 12.4 Å². The van der Waals surface area contributed by atoms with Crippen molar-refractivity contribution in [3.05, 3.63) is 42.6 Å². The highest BCUT2D eigenvalue weighted by atomic mass is 35.5. The number of H-pyrrole nitrogens is 1. The molecule has 0 fully saturated rings. The molecule has 0 spiro atoms. The predicted octanol–water partition coefficient (Wildman–Crippen LogP) is 3.14. The number of aromatic amines is 1. The molecule has 3 rings (SSSR count). The van der Waals surface area contributed by atoms with Crippen LogP contribution in [-0.4, -0.2) is 9.97 Å². The predicted molar refractivity (Wildman–Crippen MR) is 60.8 cm³/mol. The molecule has 0 saturated carbocycles. The fourth-order valence-electron chi connectivity index (χ4n) is 1.68. The molecule has 0 bridgehead atoms. The van der Waals surface area contributed by atoms with E-state index >= 15 is 0 Å². The van der Waals surface area contributed by atoms with E-state index in [0.29, 0.717) is 0 Å². The molecule has 0 aliphatic carbocycles. The third kappa shape index (κ3) is 1.16. The van der Waals surface area contributed by atoms with Crippen LogP contribution < -0.4 is 0 Å². The lowest BCUT2D eigenvalue weighted by molar-refractivity contribution is 1.35. The summed E-state index contributed by atoms with van der Waals surface area (Å²) >= 11 is 0. The lowest BCUT2D eigenvalue weighted by Gasteiger charge is -1.87. The number of benzene rings is 1. The molecule has 0 aliphatic heterocycles. The van der Waals surface area contributed by atoms with Crippen LogP contribution in [0.25, 0.3) is 21.9 Å². The second kappa shape index (κ2) is 3.31. The van der Waals surface area contributed by atoms with E-state index in [0.717, 1.165) is 11.2 Å². The molecule has 2 heterocycles. The Morgan fingerprint density at radius 1 is 0.929 bits per heavy atom. The maximum absolute atomic E-state index is 4.26. The fourth-order valence-corrected chi connectivity index (χ4v) is 1.68. The number of rotatable bonds is 0. The summed E-state index contributed by atoms with van der Waals surface area (Å²) in [5, 5.41) is 2.43. The van der Waals surface area contributed by atoms with Gasteiger partial charge in [0.05, 0.1) is 0 Å². The average Bonchev–Trinajstić information content (AvgIpc) is 2.56. The molecule has 3 heteroatoms. The maximum Gasteiger partial charge on any atom is 0.138 e. The largest absolute Gasteiger partial charge is 0.339 e. The molecule has 0 aliphatic rings. The second-order valence-electron chi connectivity index (χ2n) is 3.07. The van der Waals surface area contributed by atoms with Crippen molar-refractivity contribution in [3.8, 4) is 0 Å². The molecule has 0 radical (unpaired) electrons. The Kier molecular flexibility index (Phi) is 2.14. The van der Waals surface area contributed by atoms with Crippen molar-refractivity contribution in [3.63, 3.8) is 0 Å². The van der Waals surface area contributed by atoms with E-state index in [4.69, 9.17) is 0 Å². The highest BCUT2D eigenvalue weighted by molar-refractivity contribution is 6.05. The molecule has 0 unspecified atom stereocenters. The van der Waals surface area contributed by atoms with Gasteiger partial charge >= 0.3 is 0 Å². The lowest BCUT2D eigenvalue weighted by Crippen LogP contribution is -1.71. The Morgan fingerprint density at radius 2 is 1.71 bits per heavy atom. The average molecular weight is 205 g/mol. The molecule has 1 aromatic carbocycles. The fraction of sp³-hybridized carbons (Fsp3) is 0. The van der Waals surface area contributed by atoms with E-state index in [1.165, 1.54) is 10.8 Å². The second-order valence-corrected chi connectivity index (χ2v) is 3.07. The number of halogens is 1. The van der Waals surface area contributed by atoms with Gasteiger partial charge in [0.1, 0.15) is 5.65 Å². The monoisotopic (exact) mass is 204 g/mol. The van der Waals surface area contributed by atoms with Crippen LogP contribution in [0.2, 0.25) is 0 Å². The van der Waals surface area contributed by atoms with Crippen LogP contribution in [0.1, 0.15) is 0 Å². The van der Waals surface area contributed by atoms with E-state index in [2.05, 4.69) is 28.2 Å².